The average molecular weight is 242 g/mol. The summed E-state index contributed by atoms with van der Waals surface area (Å²) in [4.78, 5) is 13.0. The molecule has 0 saturated carbocycles. The zero-order valence-corrected chi connectivity index (χ0v) is 10.5. The summed E-state index contributed by atoms with van der Waals surface area (Å²) in [5, 5.41) is 0.581. The number of carbonyl (C=O) groups excluding carboxylic acids is 1. The number of hydrogen-bond acceptors (Lipinski definition) is 2. The van der Waals surface area contributed by atoms with Crippen LogP contribution in [0.3, 0.4) is 0 Å². The van der Waals surface area contributed by atoms with Gasteiger partial charge in [-0.1, -0.05) is 17.7 Å². The molecule has 0 radical (unpaired) electrons. The van der Waals surface area contributed by atoms with Crippen LogP contribution in [0, 0.1) is 0 Å². The van der Waals surface area contributed by atoms with Crippen molar-refractivity contribution in [2.24, 2.45) is 0 Å². The van der Waals surface area contributed by atoms with Gasteiger partial charge in [0.25, 0.3) is 0 Å². The van der Waals surface area contributed by atoms with Crippen LogP contribution in [-0.2, 0) is 11.2 Å². The van der Waals surface area contributed by atoms with Crippen LogP contribution >= 0.6 is 11.6 Å². The Hall–Kier alpha value is -1.22. The summed E-state index contributed by atoms with van der Waals surface area (Å²) in [6.07, 6.45) is 1.19. The summed E-state index contributed by atoms with van der Waals surface area (Å²) in [7, 11) is 5.09. The summed E-state index contributed by atoms with van der Waals surface area (Å²) in [5.74, 6) is 0.774. The first-order valence-electron chi connectivity index (χ1n) is 5.07. The monoisotopic (exact) mass is 241 g/mol. The van der Waals surface area contributed by atoms with Crippen molar-refractivity contribution in [1.82, 2.24) is 4.90 Å². The molecule has 1 aromatic carbocycles. The number of nitrogens with zero attached hydrogens (tertiary/aromatic N) is 1. The van der Waals surface area contributed by atoms with Crippen molar-refractivity contribution in [3.8, 4) is 5.75 Å². The third-order valence-electron chi connectivity index (χ3n) is 2.34. The molecule has 0 heterocycles. The Bertz CT molecular complexity index is 377. The highest BCUT2D eigenvalue weighted by Crippen LogP contribution is 2.25. The maximum atomic E-state index is 11.4. The highest BCUT2D eigenvalue weighted by Gasteiger charge is 2.06. The molecule has 1 aromatic rings. The van der Waals surface area contributed by atoms with Gasteiger partial charge in [-0.15, -0.1) is 0 Å². The molecule has 0 bridgehead atoms. The third kappa shape index (κ3) is 3.42. The Morgan fingerprint density at radius 3 is 2.62 bits per heavy atom. The fraction of sp³-hybridized carbons (Fsp3) is 0.417. The minimum atomic E-state index is 0.118. The molecule has 0 aliphatic rings. The molecule has 0 spiro atoms. The Kier molecular flexibility index (Phi) is 4.62. The van der Waals surface area contributed by atoms with Crippen LogP contribution in [0.1, 0.15) is 12.0 Å². The molecule has 1 rings (SSSR count). The molecule has 1 amide bonds. The lowest BCUT2D eigenvalue weighted by Gasteiger charge is -2.10. The lowest BCUT2D eigenvalue weighted by molar-refractivity contribution is -0.128. The third-order valence-corrected chi connectivity index (χ3v) is 2.64. The fourth-order valence-electron chi connectivity index (χ4n) is 1.34. The van der Waals surface area contributed by atoms with Gasteiger partial charge in [0.15, 0.2) is 0 Å². The average Bonchev–Trinajstić information content (AvgIpc) is 2.25. The zero-order valence-electron chi connectivity index (χ0n) is 9.79. The van der Waals surface area contributed by atoms with Crippen LogP contribution in [0.4, 0.5) is 0 Å². The molecule has 4 heteroatoms. The van der Waals surface area contributed by atoms with E-state index >= 15 is 0 Å². The maximum Gasteiger partial charge on any atom is 0.222 e. The van der Waals surface area contributed by atoms with E-state index in [1.165, 1.54) is 0 Å². The molecule has 0 atom stereocenters. The van der Waals surface area contributed by atoms with Crippen molar-refractivity contribution in [2.75, 3.05) is 21.2 Å². The van der Waals surface area contributed by atoms with Crippen LogP contribution < -0.4 is 4.74 Å². The van der Waals surface area contributed by atoms with E-state index < -0.39 is 0 Å². The van der Waals surface area contributed by atoms with Gasteiger partial charge in [-0.3, -0.25) is 4.79 Å². The molecule has 88 valence electrons. The van der Waals surface area contributed by atoms with Crippen LogP contribution in [0.25, 0.3) is 0 Å². The summed E-state index contributed by atoms with van der Waals surface area (Å²) < 4.78 is 5.06. The molecule has 0 unspecified atom stereocenters. The molecule has 0 aromatic heterocycles. The molecule has 0 saturated heterocycles. The largest absolute Gasteiger partial charge is 0.495 e. The molecule has 16 heavy (non-hydrogen) atoms. The second kappa shape index (κ2) is 5.75. The van der Waals surface area contributed by atoms with E-state index in [1.54, 1.807) is 26.1 Å². The van der Waals surface area contributed by atoms with Crippen molar-refractivity contribution >= 4 is 17.5 Å². The molecule has 3 nitrogen and oxygen atoms in total. The van der Waals surface area contributed by atoms with Gasteiger partial charge < -0.3 is 9.64 Å². The van der Waals surface area contributed by atoms with Crippen LogP contribution in [0.2, 0.25) is 5.02 Å². The van der Waals surface area contributed by atoms with E-state index in [4.69, 9.17) is 16.3 Å². The van der Waals surface area contributed by atoms with E-state index in [1.807, 2.05) is 18.2 Å². The van der Waals surface area contributed by atoms with E-state index in [-0.39, 0.29) is 5.91 Å². The second-order valence-corrected chi connectivity index (χ2v) is 4.16. The predicted molar refractivity (Wildman–Crippen MR) is 65.0 cm³/mol. The highest BCUT2D eigenvalue weighted by molar-refractivity contribution is 6.32. The Morgan fingerprint density at radius 1 is 1.44 bits per heavy atom. The molecule has 0 aliphatic carbocycles. The van der Waals surface area contributed by atoms with E-state index in [2.05, 4.69) is 0 Å². The van der Waals surface area contributed by atoms with E-state index in [9.17, 15) is 4.79 Å². The van der Waals surface area contributed by atoms with E-state index in [0.29, 0.717) is 23.6 Å². The smallest absolute Gasteiger partial charge is 0.222 e. The Labute approximate surface area is 101 Å². The maximum absolute atomic E-state index is 11.4. The van der Waals surface area contributed by atoms with Crippen molar-refractivity contribution in [3.05, 3.63) is 28.8 Å². The Morgan fingerprint density at radius 2 is 2.12 bits per heavy atom. The number of ether oxygens (including phenoxy) is 1. The summed E-state index contributed by atoms with van der Waals surface area (Å²) in [6, 6.07) is 5.58. The Balaban J connectivity index is 2.62. The molecule has 0 aliphatic heterocycles. The number of amides is 1. The van der Waals surface area contributed by atoms with Gasteiger partial charge in [0.05, 0.1) is 12.1 Å². The van der Waals surface area contributed by atoms with E-state index in [0.717, 1.165) is 5.56 Å². The highest BCUT2D eigenvalue weighted by atomic mass is 35.5. The lowest BCUT2D eigenvalue weighted by atomic mass is 10.1. The summed E-state index contributed by atoms with van der Waals surface area (Å²) >= 11 is 5.99. The number of hydrogen-bond donors (Lipinski definition) is 0. The molecular weight excluding hydrogens is 226 g/mol. The second-order valence-electron chi connectivity index (χ2n) is 3.76. The molecule has 0 fully saturated rings. The SMILES string of the molecule is COc1ccc(CCC(=O)N(C)C)cc1Cl. The van der Waals surface area contributed by atoms with Crippen LogP contribution in [-0.4, -0.2) is 32.0 Å². The van der Waals surface area contributed by atoms with Gasteiger partial charge in [0.2, 0.25) is 5.91 Å². The topological polar surface area (TPSA) is 29.5 Å². The first-order chi connectivity index (χ1) is 7.54. The van der Waals surface area contributed by atoms with Crippen LogP contribution in [0.15, 0.2) is 18.2 Å². The van der Waals surface area contributed by atoms with Crippen molar-refractivity contribution in [3.63, 3.8) is 0 Å². The van der Waals surface area contributed by atoms with Gasteiger partial charge in [0.1, 0.15) is 5.75 Å². The standard InChI is InChI=1S/C12H16ClNO2/c1-14(2)12(15)7-5-9-4-6-11(16-3)10(13)8-9/h4,6,8H,5,7H2,1-3H3. The van der Waals surface area contributed by atoms with Crippen LogP contribution in [0.5, 0.6) is 5.75 Å². The van der Waals surface area contributed by atoms with Gasteiger partial charge in [-0.25, -0.2) is 0 Å². The summed E-state index contributed by atoms with van der Waals surface area (Å²) in [6.45, 7) is 0. The number of rotatable bonds is 4. The number of methoxy groups -OCH3 is 1. The van der Waals surface area contributed by atoms with Crippen molar-refractivity contribution < 1.29 is 9.53 Å². The zero-order chi connectivity index (χ0) is 12.1. The first-order valence-corrected chi connectivity index (χ1v) is 5.45. The molecular formula is C12H16ClNO2. The number of carbonyl (C=O) groups is 1. The van der Waals surface area contributed by atoms with Gasteiger partial charge in [-0.2, -0.15) is 0 Å². The summed E-state index contributed by atoms with van der Waals surface area (Å²) in [5.41, 5.74) is 1.04. The predicted octanol–water partition coefficient (Wildman–Crippen LogP) is 2.37. The number of benzene rings is 1. The van der Waals surface area contributed by atoms with Gasteiger partial charge >= 0.3 is 0 Å². The van der Waals surface area contributed by atoms with Crippen molar-refractivity contribution in [1.29, 1.82) is 0 Å². The quantitative estimate of drug-likeness (QED) is 0.810. The number of aryl methyl sites for hydroxylation is 1. The molecule has 0 N–H and O–H groups in total. The minimum absolute atomic E-state index is 0.118. The first kappa shape index (κ1) is 12.8. The normalized spacial score (nSPS) is 10.0. The van der Waals surface area contributed by atoms with Gasteiger partial charge in [-0.05, 0) is 24.1 Å². The van der Waals surface area contributed by atoms with Crippen molar-refractivity contribution in [2.45, 2.75) is 12.8 Å². The lowest BCUT2D eigenvalue weighted by Crippen LogP contribution is -2.21. The number of halogens is 1. The minimum Gasteiger partial charge on any atom is -0.495 e. The van der Waals surface area contributed by atoms with Gasteiger partial charge in [0, 0.05) is 20.5 Å². The fourth-order valence-corrected chi connectivity index (χ4v) is 1.62.